The van der Waals surface area contributed by atoms with Crippen LogP contribution >= 0.6 is 72.6 Å². The third-order valence-electron chi connectivity index (χ3n) is 1.24. The maximum absolute atomic E-state index is 3.51. The van der Waals surface area contributed by atoms with Crippen LogP contribution in [0.4, 0.5) is 0 Å². The molecule has 0 unspecified atom stereocenters. The second kappa shape index (κ2) is 5.78. The van der Waals surface area contributed by atoms with Crippen molar-refractivity contribution < 1.29 is 0 Å². The minimum Gasteiger partial charge on any atom is -0.0522 e. The second-order valence-corrected chi connectivity index (χ2v) is 18.2. The number of hydrogen-bond donors (Lipinski definition) is 0. The van der Waals surface area contributed by atoms with Gasteiger partial charge in [-0.15, -0.1) is 0 Å². The molecule has 1 rings (SSSR count). The van der Waals surface area contributed by atoms with Crippen molar-refractivity contribution in [3.8, 4) is 0 Å². The van der Waals surface area contributed by atoms with Crippen molar-refractivity contribution in [2.45, 2.75) is 0 Å². The van der Waals surface area contributed by atoms with Crippen molar-refractivity contribution in [2.24, 2.45) is 0 Å². The SMILES string of the molecule is BrP(Br)c1ccc(P(Br)Br)cc1. The Kier molecular flexibility index (Phi) is 5.81. The molecule has 0 aliphatic carbocycles. The summed E-state index contributed by atoms with van der Waals surface area (Å²) in [5.74, 6) is 0. The van der Waals surface area contributed by atoms with Crippen molar-refractivity contribution in [1.82, 2.24) is 0 Å². The first-order valence-electron chi connectivity index (χ1n) is 2.94. The third-order valence-corrected chi connectivity index (χ3v) is 7.53. The highest BCUT2D eigenvalue weighted by molar-refractivity contribution is 9.70. The van der Waals surface area contributed by atoms with Crippen LogP contribution in [0.15, 0.2) is 24.3 Å². The molecule has 0 fully saturated rings. The average molecular weight is 458 g/mol. The summed E-state index contributed by atoms with van der Waals surface area (Å²) in [5, 5.41) is 1.94. The van der Waals surface area contributed by atoms with E-state index in [1.165, 1.54) is 10.6 Å². The molecule has 6 heteroatoms. The molecule has 0 nitrogen and oxygen atoms in total. The van der Waals surface area contributed by atoms with Crippen LogP contribution in [-0.2, 0) is 0 Å². The standard InChI is InChI=1S/C6H4Br4P2/c7-11(8)5-1-2-6(4-3-5)12(9)10/h1-4H. The van der Waals surface area contributed by atoms with Crippen molar-refractivity contribution in [1.29, 1.82) is 0 Å². The highest BCUT2D eigenvalue weighted by Gasteiger charge is 2.04. The van der Waals surface area contributed by atoms with E-state index in [1.807, 2.05) is 0 Å². The van der Waals surface area contributed by atoms with E-state index in [4.69, 9.17) is 0 Å². The van der Waals surface area contributed by atoms with Crippen molar-refractivity contribution >= 4 is 83.2 Å². The molecule has 0 amide bonds. The highest BCUT2D eigenvalue weighted by atomic mass is 79.9. The van der Waals surface area contributed by atoms with E-state index < -0.39 is 0 Å². The Hall–Kier alpha value is 2.00. The molecule has 0 atom stereocenters. The lowest BCUT2D eigenvalue weighted by Crippen LogP contribution is -2.00. The summed E-state index contributed by atoms with van der Waals surface area (Å²) in [7, 11) is 0. The lowest BCUT2D eigenvalue weighted by molar-refractivity contribution is 1.86. The van der Waals surface area contributed by atoms with E-state index in [0.29, 0.717) is 0 Å². The van der Waals surface area contributed by atoms with E-state index in [2.05, 4.69) is 86.2 Å². The molecule has 0 aliphatic heterocycles. The van der Waals surface area contributed by atoms with Gasteiger partial charge in [0.2, 0.25) is 0 Å². The molecule has 0 bridgehead atoms. The van der Waals surface area contributed by atoms with Crippen molar-refractivity contribution in [3.05, 3.63) is 24.3 Å². The van der Waals surface area contributed by atoms with Gasteiger partial charge in [-0.3, -0.25) is 0 Å². The fourth-order valence-electron chi connectivity index (χ4n) is 0.678. The molecule has 0 spiro atoms. The Labute approximate surface area is 106 Å². The Balaban J connectivity index is 2.86. The number of benzene rings is 1. The molecule has 0 heterocycles. The van der Waals surface area contributed by atoms with Gasteiger partial charge in [0.1, 0.15) is 0 Å². The molecule has 1 aromatic carbocycles. The highest BCUT2D eigenvalue weighted by Crippen LogP contribution is 2.52. The molecule has 12 heavy (non-hydrogen) atoms. The van der Waals surface area contributed by atoms with E-state index in [-0.39, 0.29) is 10.7 Å². The van der Waals surface area contributed by atoms with Crippen LogP contribution in [0.25, 0.3) is 0 Å². The molecule has 0 N–H and O–H groups in total. The van der Waals surface area contributed by atoms with Gasteiger partial charge in [0, 0.05) is 0 Å². The number of hydrogen-bond acceptors (Lipinski definition) is 0. The van der Waals surface area contributed by atoms with Gasteiger partial charge in [-0.2, -0.15) is 0 Å². The van der Waals surface area contributed by atoms with E-state index in [1.54, 1.807) is 0 Å². The van der Waals surface area contributed by atoms with E-state index >= 15 is 0 Å². The minimum absolute atomic E-state index is 0.326. The Morgan fingerprint density at radius 2 is 0.917 bits per heavy atom. The molecule has 0 aliphatic rings. The van der Waals surface area contributed by atoms with E-state index in [0.717, 1.165) is 0 Å². The monoisotopic (exact) mass is 454 g/mol. The first-order valence-corrected chi connectivity index (χ1v) is 13.7. The van der Waals surface area contributed by atoms with Gasteiger partial charge in [0.05, 0.1) is 10.7 Å². The molecule has 1 aromatic rings. The van der Waals surface area contributed by atoms with Crippen LogP contribution < -0.4 is 10.6 Å². The van der Waals surface area contributed by atoms with Crippen LogP contribution in [0.3, 0.4) is 0 Å². The topological polar surface area (TPSA) is 0 Å². The van der Waals surface area contributed by atoms with E-state index in [9.17, 15) is 0 Å². The lowest BCUT2D eigenvalue weighted by atomic mass is 10.4. The van der Waals surface area contributed by atoms with Gasteiger partial charge < -0.3 is 0 Å². The molecule has 0 radical (unpaired) electrons. The van der Waals surface area contributed by atoms with Gasteiger partial charge in [0.25, 0.3) is 0 Å². The van der Waals surface area contributed by atoms with Gasteiger partial charge in [0.15, 0.2) is 0 Å². The fraction of sp³-hybridized carbons (Fsp3) is 0. The maximum atomic E-state index is 3.51. The minimum atomic E-state index is -0.326. The first kappa shape index (κ1) is 12.1. The quantitative estimate of drug-likeness (QED) is 0.540. The summed E-state index contributed by atoms with van der Waals surface area (Å²) in [6.45, 7) is 0. The summed E-state index contributed by atoms with van der Waals surface area (Å²) in [5.41, 5.74) is 0. The van der Waals surface area contributed by atoms with Crippen molar-refractivity contribution in [2.75, 3.05) is 0 Å². The Bertz CT molecular complexity index is 219. The largest absolute Gasteiger partial charge is 0.0654 e. The zero-order chi connectivity index (χ0) is 9.14. The van der Waals surface area contributed by atoms with Crippen LogP contribution in [0.1, 0.15) is 0 Å². The van der Waals surface area contributed by atoms with Gasteiger partial charge in [-0.1, -0.05) is 24.3 Å². The van der Waals surface area contributed by atoms with Gasteiger partial charge in [-0.25, -0.2) is 0 Å². The second-order valence-electron chi connectivity index (χ2n) is 1.98. The predicted octanol–water partition coefficient (Wildman–Crippen LogP) is 5.14. The lowest BCUT2D eigenvalue weighted by Gasteiger charge is -2.04. The zero-order valence-electron chi connectivity index (χ0n) is 5.72. The van der Waals surface area contributed by atoms with Crippen LogP contribution in [0, 0.1) is 0 Å². The molecule has 66 valence electrons. The van der Waals surface area contributed by atoms with Crippen LogP contribution in [0.2, 0.25) is 0 Å². The summed E-state index contributed by atoms with van der Waals surface area (Å²) >= 11 is 14.0. The smallest absolute Gasteiger partial charge is 0.0522 e. The molecule has 0 saturated carbocycles. The van der Waals surface area contributed by atoms with Gasteiger partial charge in [-0.05, 0) is 72.6 Å². The zero-order valence-corrected chi connectivity index (χ0v) is 13.8. The predicted molar refractivity (Wildman–Crippen MR) is 75.3 cm³/mol. The van der Waals surface area contributed by atoms with Crippen molar-refractivity contribution in [3.63, 3.8) is 0 Å². The average Bonchev–Trinajstić information content (AvgIpc) is 2.04. The molecule has 0 saturated heterocycles. The summed E-state index contributed by atoms with van der Waals surface area (Å²) in [6.07, 6.45) is 0. The molecular formula is C6H4Br4P2. The number of halogens is 4. The molecule has 0 aromatic heterocycles. The third kappa shape index (κ3) is 3.63. The number of rotatable bonds is 2. The first-order chi connectivity index (χ1) is 5.61. The fourth-order valence-corrected chi connectivity index (χ4v) is 4.26. The normalized spacial score (nSPS) is 11.2. The summed E-state index contributed by atoms with van der Waals surface area (Å²) in [6, 6.07) is 8.51. The Morgan fingerprint density at radius 1 is 0.667 bits per heavy atom. The van der Waals surface area contributed by atoms with Crippen LogP contribution in [0.5, 0.6) is 0 Å². The summed E-state index contributed by atoms with van der Waals surface area (Å²) < 4.78 is 0. The van der Waals surface area contributed by atoms with Gasteiger partial charge >= 0.3 is 0 Å². The van der Waals surface area contributed by atoms with Crippen LogP contribution in [-0.4, -0.2) is 0 Å². The maximum Gasteiger partial charge on any atom is 0.0654 e. The summed E-state index contributed by atoms with van der Waals surface area (Å²) in [4.78, 5) is 0. The molecular weight excluding hydrogens is 454 g/mol. The Morgan fingerprint density at radius 3 is 1.08 bits per heavy atom.